The molecule has 1 aliphatic carbocycles. The number of carbonyl (C=O) groups is 2. The molecule has 19 heteroatoms. The van der Waals surface area contributed by atoms with Gasteiger partial charge in [0.05, 0.1) is 28.2 Å². The van der Waals surface area contributed by atoms with Gasteiger partial charge in [-0.2, -0.15) is 26.3 Å². The van der Waals surface area contributed by atoms with Gasteiger partial charge in [0.2, 0.25) is 0 Å². The lowest BCUT2D eigenvalue weighted by Crippen LogP contribution is -2.64. The first-order valence-corrected chi connectivity index (χ1v) is 16.8. The molecule has 3 aromatic rings. The van der Waals surface area contributed by atoms with Crippen LogP contribution < -0.4 is 21.4 Å². The molecule has 3 atom stereocenters. The molecule has 2 aromatic carbocycles. The van der Waals surface area contributed by atoms with Crippen LogP contribution in [0.1, 0.15) is 43.0 Å². The van der Waals surface area contributed by atoms with Crippen molar-refractivity contribution in [3.05, 3.63) is 82.8 Å². The van der Waals surface area contributed by atoms with E-state index in [0.717, 1.165) is 23.6 Å². The average Bonchev–Trinajstić information content (AvgIpc) is 3.41. The highest BCUT2D eigenvalue weighted by molar-refractivity contribution is 6.18. The number of halogens is 8. The van der Waals surface area contributed by atoms with Gasteiger partial charge in [-0.05, 0) is 86.0 Å². The number of hydrogen-bond acceptors (Lipinski definition) is 9. The van der Waals surface area contributed by atoms with Gasteiger partial charge >= 0.3 is 18.3 Å². The number of rotatable bonds is 13. The van der Waals surface area contributed by atoms with E-state index in [0.29, 0.717) is 44.2 Å². The van der Waals surface area contributed by atoms with Crippen molar-refractivity contribution in [2.75, 3.05) is 43.7 Å². The van der Waals surface area contributed by atoms with E-state index in [2.05, 4.69) is 20.6 Å². The summed E-state index contributed by atoms with van der Waals surface area (Å²) in [6, 6.07) is 5.00. The van der Waals surface area contributed by atoms with Gasteiger partial charge in [0.1, 0.15) is 17.6 Å². The Morgan fingerprint density at radius 1 is 1.04 bits per heavy atom. The van der Waals surface area contributed by atoms with Crippen LogP contribution in [-0.2, 0) is 33.1 Å². The molecule has 54 heavy (non-hydrogen) atoms. The summed E-state index contributed by atoms with van der Waals surface area (Å²) in [6.45, 7) is 3.65. The number of aromatic nitrogens is 2. The van der Waals surface area contributed by atoms with E-state index < -0.39 is 81.0 Å². The van der Waals surface area contributed by atoms with Crippen molar-refractivity contribution in [3.8, 4) is 11.3 Å². The number of nitrogens with two attached hydrogens (primary N) is 1. The van der Waals surface area contributed by atoms with Crippen LogP contribution in [0.5, 0.6) is 0 Å². The molecule has 1 fully saturated rings. The third kappa shape index (κ3) is 8.27. The first-order chi connectivity index (χ1) is 25.4. The number of nitrogens with one attached hydrogen (secondary N) is 2. The van der Waals surface area contributed by atoms with Gasteiger partial charge in [0, 0.05) is 32.4 Å². The summed E-state index contributed by atoms with van der Waals surface area (Å²) in [4.78, 5) is 32.9. The molecule has 292 valence electrons. The zero-order valence-corrected chi connectivity index (χ0v) is 29.0. The molecule has 1 saturated carbocycles. The molecule has 0 saturated heterocycles. The van der Waals surface area contributed by atoms with Gasteiger partial charge in [0.15, 0.2) is 11.6 Å². The van der Waals surface area contributed by atoms with Crippen LogP contribution in [0.15, 0.2) is 54.4 Å². The van der Waals surface area contributed by atoms with Gasteiger partial charge in [-0.3, -0.25) is 14.8 Å². The Labute approximate surface area is 304 Å². The molecule has 1 aliphatic heterocycles. The summed E-state index contributed by atoms with van der Waals surface area (Å²) < 4.78 is 119. The van der Waals surface area contributed by atoms with Crippen LogP contribution in [0.25, 0.3) is 11.3 Å². The summed E-state index contributed by atoms with van der Waals surface area (Å²) in [5.74, 6) is -6.29. The molecule has 5 rings (SSSR count). The van der Waals surface area contributed by atoms with Crippen LogP contribution in [0.4, 0.5) is 46.5 Å². The Morgan fingerprint density at radius 3 is 2.44 bits per heavy atom. The van der Waals surface area contributed by atoms with E-state index in [1.807, 2.05) is 0 Å². The number of amides is 2. The monoisotopic (exact) mass is 771 g/mol. The molecular weight excluding hydrogens is 734 g/mol. The molecule has 11 nitrogen and oxygen atoms in total. The standard InChI is InChI=1S/C35H37F8N7O4/c1-19-12-22(13-20-4-6-25(30(37)29(20)36)46-10-9-45-8-3-11-54-2)33(16-19)17-24(31(44)51)32(52)50(53)49(33)27-7-5-21(34(38,39)40)14-23(27)26-15-28(35(41,42)43)48-18-47-26/h4-7,14-15,17-19,22,45-46,53H,3,8-13,16H2,1-2H3,(H2,44,51). The highest BCUT2D eigenvalue weighted by Gasteiger charge is 2.56. The minimum absolute atomic E-state index is 0.0298. The van der Waals surface area contributed by atoms with Crippen LogP contribution in [0, 0.1) is 23.5 Å². The molecule has 3 unspecified atom stereocenters. The third-order valence-electron chi connectivity index (χ3n) is 9.46. The number of ether oxygens (including phenoxy) is 1. The lowest BCUT2D eigenvalue weighted by molar-refractivity contribution is -0.171. The zero-order valence-electron chi connectivity index (χ0n) is 29.0. The lowest BCUT2D eigenvalue weighted by Gasteiger charge is -2.50. The topological polar surface area (TPSA) is 146 Å². The largest absolute Gasteiger partial charge is 0.433 e. The SMILES string of the molecule is COCCCNCCNc1ccc(CC2CC(C)CC23C=C(C(N)=O)C(=O)N(O)N3c2ccc(C(F)(F)F)cc2-c2cc(C(F)(F)F)ncn2)c(F)c1F. The zero-order chi connectivity index (χ0) is 39.6. The van der Waals surface area contributed by atoms with Crippen molar-refractivity contribution < 1.29 is 54.7 Å². The predicted octanol–water partition coefficient (Wildman–Crippen LogP) is 5.89. The minimum atomic E-state index is -5.03. The molecule has 1 aromatic heterocycles. The highest BCUT2D eigenvalue weighted by Crippen LogP contribution is 2.52. The summed E-state index contributed by atoms with van der Waals surface area (Å²) in [5.41, 5.74) is -1.66. The third-order valence-corrected chi connectivity index (χ3v) is 9.46. The Kier molecular flexibility index (Phi) is 11.8. The second-order valence-corrected chi connectivity index (χ2v) is 13.2. The Morgan fingerprint density at radius 2 is 1.78 bits per heavy atom. The van der Waals surface area contributed by atoms with Crippen LogP contribution in [0.2, 0.25) is 0 Å². The minimum Gasteiger partial charge on any atom is -0.385 e. The van der Waals surface area contributed by atoms with Crippen LogP contribution in [0.3, 0.4) is 0 Å². The van der Waals surface area contributed by atoms with E-state index in [1.54, 1.807) is 14.0 Å². The smallest absolute Gasteiger partial charge is 0.385 e. The van der Waals surface area contributed by atoms with Gasteiger partial charge in [-0.25, -0.2) is 23.8 Å². The van der Waals surface area contributed by atoms with E-state index >= 15 is 8.78 Å². The fourth-order valence-electron chi connectivity index (χ4n) is 7.11. The van der Waals surface area contributed by atoms with Crippen molar-refractivity contribution in [1.82, 2.24) is 20.5 Å². The molecule has 5 N–H and O–H groups in total. The van der Waals surface area contributed by atoms with Crippen molar-refractivity contribution in [2.45, 2.75) is 50.5 Å². The summed E-state index contributed by atoms with van der Waals surface area (Å²) in [7, 11) is 1.58. The molecular formula is C35H37F8N7O4. The van der Waals surface area contributed by atoms with Gasteiger partial charge in [-0.1, -0.05) is 13.0 Å². The lowest BCUT2D eigenvalue weighted by atomic mass is 9.78. The number of carbonyl (C=O) groups excluding carboxylic acids is 2. The Bertz CT molecular complexity index is 1910. The van der Waals surface area contributed by atoms with E-state index in [9.17, 15) is 41.1 Å². The number of methoxy groups -OCH3 is 1. The van der Waals surface area contributed by atoms with E-state index in [1.165, 1.54) is 12.1 Å². The number of hydrazine groups is 1. The predicted molar refractivity (Wildman–Crippen MR) is 178 cm³/mol. The first-order valence-electron chi connectivity index (χ1n) is 16.8. The Hall–Kier alpha value is -4.88. The molecule has 2 heterocycles. The number of primary amides is 1. The number of anilines is 2. The van der Waals surface area contributed by atoms with Crippen LogP contribution >= 0.6 is 0 Å². The fraction of sp³-hybridized carbons (Fsp3) is 0.429. The normalized spacial score (nSPS) is 20.5. The van der Waals surface area contributed by atoms with Crippen molar-refractivity contribution in [2.24, 2.45) is 17.6 Å². The summed E-state index contributed by atoms with van der Waals surface area (Å²) in [6.07, 6.45) is -7.75. The maximum atomic E-state index is 15.7. The first kappa shape index (κ1) is 40.3. The van der Waals surface area contributed by atoms with E-state index in [-0.39, 0.29) is 48.1 Å². The highest BCUT2D eigenvalue weighted by atomic mass is 19.4. The molecule has 1 spiro atoms. The molecule has 2 aliphatic rings. The second kappa shape index (κ2) is 15.8. The number of hydroxylamine groups is 1. The quantitative estimate of drug-likeness (QED) is 0.0724. The van der Waals surface area contributed by atoms with Crippen molar-refractivity contribution >= 4 is 23.2 Å². The van der Waals surface area contributed by atoms with Gasteiger partial charge < -0.3 is 21.1 Å². The average molecular weight is 772 g/mol. The summed E-state index contributed by atoms with van der Waals surface area (Å²) >= 11 is 0. The number of alkyl halides is 6. The Balaban J connectivity index is 1.60. The van der Waals surface area contributed by atoms with Gasteiger partial charge in [-0.15, -0.1) is 5.17 Å². The molecule has 0 bridgehead atoms. The maximum Gasteiger partial charge on any atom is 0.433 e. The van der Waals surface area contributed by atoms with E-state index in [4.69, 9.17) is 10.5 Å². The number of benzene rings is 2. The van der Waals surface area contributed by atoms with Crippen molar-refractivity contribution in [1.29, 1.82) is 0 Å². The number of hydrogen-bond donors (Lipinski definition) is 4. The fourth-order valence-corrected chi connectivity index (χ4v) is 7.11. The molecule has 2 amide bonds. The number of nitrogens with zero attached hydrogens (tertiary/aromatic N) is 4. The maximum absolute atomic E-state index is 15.7. The van der Waals surface area contributed by atoms with Crippen LogP contribution in [-0.4, -0.2) is 71.1 Å². The van der Waals surface area contributed by atoms with Gasteiger partial charge in [0.25, 0.3) is 5.91 Å². The molecule has 0 radical (unpaired) electrons. The summed E-state index contributed by atoms with van der Waals surface area (Å²) in [5, 5.41) is 18.2. The second-order valence-electron chi connectivity index (χ2n) is 13.2. The van der Waals surface area contributed by atoms with Crippen molar-refractivity contribution in [3.63, 3.8) is 0 Å².